The van der Waals surface area contributed by atoms with Crippen molar-refractivity contribution in [2.24, 2.45) is 5.73 Å². The minimum atomic E-state index is -0.261. The van der Waals surface area contributed by atoms with Crippen molar-refractivity contribution < 1.29 is 9.84 Å². The second-order valence-electron chi connectivity index (χ2n) is 3.67. The van der Waals surface area contributed by atoms with E-state index in [0.29, 0.717) is 12.4 Å². The smallest absolute Gasteiger partial charge is 0.161 e. The molecule has 0 aliphatic carbocycles. The van der Waals surface area contributed by atoms with E-state index in [0.717, 1.165) is 5.56 Å². The lowest BCUT2D eigenvalue weighted by Crippen LogP contribution is -2.19. The van der Waals surface area contributed by atoms with Crippen LogP contribution in [0.5, 0.6) is 11.5 Å². The zero-order chi connectivity index (χ0) is 12.1. The Bertz CT molecular complexity index is 474. The number of phenolic OH excluding ortho intramolecular Hbond substituents is 1. The van der Waals surface area contributed by atoms with Crippen molar-refractivity contribution in [3.05, 3.63) is 54.4 Å². The summed E-state index contributed by atoms with van der Waals surface area (Å²) >= 11 is 0. The van der Waals surface area contributed by atoms with E-state index in [9.17, 15) is 5.11 Å². The molecule has 1 aromatic carbocycles. The number of para-hydroxylation sites is 2. The molecule has 1 unspecified atom stereocenters. The van der Waals surface area contributed by atoms with Crippen molar-refractivity contribution in [2.45, 2.75) is 6.04 Å². The predicted molar refractivity (Wildman–Crippen MR) is 64.8 cm³/mol. The van der Waals surface area contributed by atoms with Crippen LogP contribution in [0.1, 0.15) is 11.6 Å². The molecule has 17 heavy (non-hydrogen) atoms. The Balaban J connectivity index is 1.97. The fraction of sp³-hybridized carbons (Fsp3) is 0.154. The van der Waals surface area contributed by atoms with Crippen LogP contribution in [0.3, 0.4) is 0 Å². The molecule has 0 bridgehead atoms. The SMILES string of the molecule is NC(COc1ccccc1O)c1cccnc1. The number of aromatic nitrogens is 1. The lowest BCUT2D eigenvalue weighted by Gasteiger charge is -2.13. The van der Waals surface area contributed by atoms with Gasteiger partial charge >= 0.3 is 0 Å². The van der Waals surface area contributed by atoms with E-state index in [1.807, 2.05) is 12.1 Å². The molecule has 0 spiro atoms. The first-order chi connectivity index (χ1) is 8.27. The number of pyridine rings is 1. The Hall–Kier alpha value is -2.07. The highest BCUT2D eigenvalue weighted by molar-refractivity contribution is 5.38. The summed E-state index contributed by atoms with van der Waals surface area (Å²) in [5.74, 6) is 0.553. The minimum absolute atomic E-state index is 0.117. The van der Waals surface area contributed by atoms with Crippen LogP contribution in [0.25, 0.3) is 0 Å². The van der Waals surface area contributed by atoms with Gasteiger partial charge in [0.2, 0.25) is 0 Å². The van der Waals surface area contributed by atoms with Gasteiger partial charge in [-0.25, -0.2) is 0 Å². The fourth-order valence-electron chi connectivity index (χ4n) is 1.45. The van der Waals surface area contributed by atoms with Crippen LogP contribution in [0.15, 0.2) is 48.8 Å². The monoisotopic (exact) mass is 230 g/mol. The molecule has 1 aromatic heterocycles. The third kappa shape index (κ3) is 2.95. The predicted octanol–water partition coefficient (Wildman–Crippen LogP) is 1.87. The summed E-state index contributed by atoms with van der Waals surface area (Å²) in [6.45, 7) is 0.295. The summed E-state index contributed by atoms with van der Waals surface area (Å²) in [7, 11) is 0. The van der Waals surface area contributed by atoms with Gasteiger partial charge in [0.1, 0.15) is 6.61 Å². The maximum absolute atomic E-state index is 9.52. The summed E-state index contributed by atoms with van der Waals surface area (Å²) < 4.78 is 5.45. The van der Waals surface area contributed by atoms with Crippen LogP contribution in [0, 0.1) is 0 Å². The number of nitrogens with zero attached hydrogens (tertiary/aromatic N) is 1. The van der Waals surface area contributed by atoms with Gasteiger partial charge in [-0.15, -0.1) is 0 Å². The number of hydrogen-bond donors (Lipinski definition) is 2. The maximum Gasteiger partial charge on any atom is 0.161 e. The number of rotatable bonds is 4. The van der Waals surface area contributed by atoms with E-state index in [4.69, 9.17) is 10.5 Å². The van der Waals surface area contributed by atoms with Gasteiger partial charge in [0.05, 0.1) is 6.04 Å². The Morgan fingerprint density at radius 2 is 2.06 bits per heavy atom. The molecule has 0 fully saturated rings. The lowest BCUT2D eigenvalue weighted by molar-refractivity contribution is 0.276. The molecule has 88 valence electrons. The number of nitrogens with two attached hydrogens (primary N) is 1. The van der Waals surface area contributed by atoms with Gasteiger partial charge < -0.3 is 15.6 Å². The van der Waals surface area contributed by atoms with Gasteiger partial charge in [0.15, 0.2) is 11.5 Å². The molecule has 1 atom stereocenters. The van der Waals surface area contributed by atoms with E-state index < -0.39 is 0 Å². The van der Waals surface area contributed by atoms with Gasteiger partial charge in [0.25, 0.3) is 0 Å². The highest BCUT2D eigenvalue weighted by Crippen LogP contribution is 2.25. The third-order valence-electron chi connectivity index (χ3n) is 2.40. The molecule has 0 aliphatic heterocycles. The largest absolute Gasteiger partial charge is 0.504 e. The molecule has 3 N–H and O–H groups in total. The summed E-state index contributed by atoms with van der Waals surface area (Å²) in [5.41, 5.74) is 6.85. The highest BCUT2D eigenvalue weighted by Gasteiger charge is 2.08. The fourth-order valence-corrected chi connectivity index (χ4v) is 1.45. The number of aromatic hydroxyl groups is 1. The van der Waals surface area contributed by atoms with Crippen molar-refractivity contribution in [3.63, 3.8) is 0 Å². The molecular formula is C13H14N2O2. The van der Waals surface area contributed by atoms with Crippen LogP contribution in [0.2, 0.25) is 0 Å². The molecule has 0 saturated carbocycles. The van der Waals surface area contributed by atoms with E-state index in [-0.39, 0.29) is 11.8 Å². The van der Waals surface area contributed by atoms with Gasteiger partial charge in [0, 0.05) is 12.4 Å². The molecule has 0 aliphatic rings. The number of hydrogen-bond acceptors (Lipinski definition) is 4. The van der Waals surface area contributed by atoms with E-state index in [1.165, 1.54) is 0 Å². The first-order valence-electron chi connectivity index (χ1n) is 5.33. The molecule has 1 heterocycles. The Labute approximate surface area is 99.7 Å². The second kappa shape index (κ2) is 5.32. The molecule has 4 nitrogen and oxygen atoms in total. The minimum Gasteiger partial charge on any atom is -0.504 e. The molecule has 0 amide bonds. The topological polar surface area (TPSA) is 68.4 Å². The molecular weight excluding hydrogens is 216 g/mol. The maximum atomic E-state index is 9.52. The molecule has 0 saturated heterocycles. The zero-order valence-corrected chi connectivity index (χ0v) is 9.28. The van der Waals surface area contributed by atoms with Gasteiger partial charge in [-0.3, -0.25) is 4.98 Å². The highest BCUT2D eigenvalue weighted by atomic mass is 16.5. The van der Waals surface area contributed by atoms with E-state index in [1.54, 1.807) is 36.7 Å². The molecule has 2 rings (SSSR count). The van der Waals surface area contributed by atoms with Crippen molar-refractivity contribution in [1.29, 1.82) is 0 Å². The first-order valence-corrected chi connectivity index (χ1v) is 5.33. The van der Waals surface area contributed by atoms with Crippen molar-refractivity contribution >= 4 is 0 Å². The van der Waals surface area contributed by atoms with E-state index >= 15 is 0 Å². The van der Waals surface area contributed by atoms with E-state index in [2.05, 4.69) is 4.98 Å². The summed E-state index contributed by atoms with van der Waals surface area (Å²) in [6.07, 6.45) is 3.40. The Morgan fingerprint density at radius 3 is 2.76 bits per heavy atom. The normalized spacial score (nSPS) is 12.1. The average Bonchev–Trinajstić information content (AvgIpc) is 2.38. The lowest BCUT2D eigenvalue weighted by atomic mass is 10.1. The van der Waals surface area contributed by atoms with Crippen LogP contribution >= 0.6 is 0 Å². The van der Waals surface area contributed by atoms with Crippen molar-refractivity contribution in [3.8, 4) is 11.5 Å². The summed E-state index contributed by atoms with van der Waals surface area (Å²) in [6, 6.07) is 10.3. The van der Waals surface area contributed by atoms with Crippen LogP contribution < -0.4 is 10.5 Å². The zero-order valence-electron chi connectivity index (χ0n) is 9.28. The first kappa shape index (κ1) is 11.4. The van der Waals surface area contributed by atoms with Gasteiger partial charge in [-0.1, -0.05) is 18.2 Å². The number of phenols is 1. The third-order valence-corrected chi connectivity index (χ3v) is 2.40. The number of benzene rings is 1. The second-order valence-corrected chi connectivity index (χ2v) is 3.67. The Morgan fingerprint density at radius 1 is 1.24 bits per heavy atom. The van der Waals surface area contributed by atoms with Crippen molar-refractivity contribution in [1.82, 2.24) is 4.98 Å². The summed E-state index contributed by atoms with van der Waals surface area (Å²) in [5, 5.41) is 9.52. The molecule has 4 heteroatoms. The molecule has 2 aromatic rings. The Kier molecular flexibility index (Phi) is 3.57. The average molecular weight is 230 g/mol. The van der Waals surface area contributed by atoms with Gasteiger partial charge in [-0.2, -0.15) is 0 Å². The quantitative estimate of drug-likeness (QED) is 0.841. The van der Waals surface area contributed by atoms with Crippen LogP contribution in [-0.4, -0.2) is 16.7 Å². The van der Waals surface area contributed by atoms with Crippen LogP contribution in [0.4, 0.5) is 0 Å². The van der Waals surface area contributed by atoms with Crippen molar-refractivity contribution in [2.75, 3.05) is 6.61 Å². The number of ether oxygens (including phenoxy) is 1. The standard InChI is InChI=1S/C13H14N2O2/c14-11(10-4-3-7-15-8-10)9-17-13-6-2-1-5-12(13)16/h1-8,11,16H,9,14H2. The van der Waals surface area contributed by atoms with Crippen LogP contribution in [-0.2, 0) is 0 Å². The summed E-state index contributed by atoms with van der Waals surface area (Å²) in [4.78, 5) is 3.99. The molecule has 0 radical (unpaired) electrons. The van der Waals surface area contributed by atoms with Gasteiger partial charge in [-0.05, 0) is 23.8 Å².